The van der Waals surface area contributed by atoms with Crippen LogP contribution < -0.4 is 9.62 Å². The molecule has 0 bridgehead atoms. The lowest BCUT2D eigenvalue weighted by Gasteiger charge is -2.17. The predicted molar refractivity (Wildman–Crippen MR) is 92.2 cm³/mol. The summed E-state index contributed by atoms with van der Waals surface area (Å²) >= 11 is 0. The molecule has 0 fully saturated rings. The molecule has 1 N–H and O–H groups in total. The molecule has 0 saturated heterocycles. The third-order valence-corrected chi connectivity index (χ3v) is 4.72. The molecule has 2 aromatic rings. The van der Waals surface area contributed by atoms with Crippen LogP contribution >= 0.6 is 0 Å². The minimum absolute atomic E-state index is 0.218. The van der Waals surface area contributed by atoms with Gasteiger partial charge in [0, 0.05) is 19.2 Å². The van der Waals surface area contributed by atoms with Gasteiger partial charge < -0.3 is 5.32 Å². The van der Waals surface area contributed by atoms with Crippen molar-refractivity contribution in [1.82, 2.24) is 5.32 Å². The highest BCUT2D eigenvalue weighted by Crippen LogP contribution is 2.17. The molecule has 2 aromatic carbocycles. The summed E-state index contributed by atoms with van der Waals surface area (Å²) in [5, 5.41) is 2.85. The van der Waals surface area contributed by atoms with Gasteiger partial charge in [0.2, 0.25) is 10.0 Å². The van der Waals surface area contributed by atoms with Crippen LogP contribution in [0.5, 0.6) is 0 Å². The van der Waals surface area contributed by atoms with Crippen molar-refractivity contribution in [2.75, 3.05) is 24.2 Å². The van der Waals surface area contributed by atoms with Crippen molar-refractivity contribution in [1.29, 1.82) is 0 Å². The van der Waals surface area contributed by atoms with Crippen LogP contribution in [-0.2, 0) is 16.4 Å². The fourth-order valence-corrected chi connectivity index (χ4v) is 2.60. The maximum atomic E-state index is 12.2. The van der Waals surface area contributed by atoms with Gasteiger partial charge in [0.1, 0.15) is 0 Å². The molecular formula is C17H20N2O3S. The Morgan fingerprint density at radius 1 is 1.09 bits per heavy atom. The van der Waals surface area contributed by atoms with Crippen LogP contribution in [0.4, 0.5) is 5.69 Å². The van der Waals surface area contributed by atoms with Gasteiger partial charge in [0.25, 0.3) is 5.91 Å². The first-order chi connectivity index (χ1) is 10.9. The van der Waals surface area contributed by atoms with Crippen molar-refractivity contribution in [3.63, 3.8) is 0 Å². The Morgan fingerprint density at radius 2 is 1.78 bits per heavy atom. The molecule has 0 aliphatic heterocycles. The molecule has 122 valence electrons. The van der Waals surface area contributed by atoms with Gasteiger partial charge in [-0.25, -0.2) is 8.42 Å². The standard InChI is InChI=1S/C17H20N2O3S/c1-19(23(2,21)22)16-10-6-9-15(13-16)17(20)18-12-11-14-7-4-3-5-8-14/h3-10,13H,11-12H2,1-2H3,(H,18,20). The average molecular weight is 332 g/mol. The summed E-state index contributed by atoms with van der Waals surface area (Å²) in [4.78, 5) is 12.2. The Labute approximate surface area is 137 Å². The van der Waals surface area contributed by atoms with Crippen LogP contribution in [0.1, 0.15) is 15.9 Å². The fraction of sp³-hybridized carbons (Fsp3) is 0.235. The van der Waals surface area contributed by atoms with Gasteiger partial charge >= 0.3 is 0 Å². The number of sulfonamides is 1. The van der Waals surface area contributed by atoms with E-state index >= 15 is 0 Å². The van der Waals surface area contributed by atoms with Crippen LogP contribution in [0.3, 0.4) is 0 Å². The molecule has 2 rings (SSSR count). The molecule has 0 radical (unpaired) electrons. The maximum Gasteiger partial charge on any atom is 0.251 e. The van der Waals surface area contributed by atoms with Crippen molar-refractivity contribution < 1.29 is 13.2 Å². The number of benzene rings is 2. The van der Waals surface area contributed by atoms with E-state index in [1.807, 2.05) is 30.3 Å². The smallest absolute Gasteiger partial charge is 0.251 e. The maximum absolute atomic E-state index is 12.2. The second-order valence-corrected chi connectivity index (χ2v) is 7.29. The van der Waals surface area contributed by atoms with E-state index < -0.39 is 10.0 Å². The zero-order chi connectivity index (χ0) is 16.9. The summed E-state index contributed by atoms with van der Waals surface area (Å²) < 4.78 is 24.3. The summed E-state index contributed by atoms with van der Waals surface area (Å²) in [7, 11) is -1.89. The molecule has 0 atom stereocenters. The van der Waals surface area contributed by atoms with Crippen LogP contribution in [0, 0.1) is 0 Å². The summed E-state index contributed by atoms with van der Waals surface area (Å²) in [6.45, 7) is 0.523. The van der Waals surface area contributed by atoms with Gasteiger partial charge in [-0.1, -0.05) is 36.4 Å². The largest absolute Gasteiger partial charge is 0.352 e. The van der Waals surface area contributed by atoms with Gasteiger partial charge in [-0.2, -0.15) is 0 Å². The van der Waals surface area contributed by atoms with E-state index in [-0.39, 0.29) is 5.91 Å². The van der Waals surface area contributed by atoms with Crippen LogP contribution in [-0.4, -0.2) is 34.2 Å². The van der Waals surface area contributed by atoms with Gasteiger partial charge in [0.05, 0.1) is 11.9 Å². The zero-order valence-electron chi connectivity index (χ0n) is 13.2. The minimum atomic E-state index is -3.35. The number of nitrogens with zero attached hydrogens (tertiary/aromatic N) is 1. The molecule has 0 heterocycles. The molecule has 0 spiro atoms. The van der Waals surface area contributed by atoms with Crippen molar-refractivity contribution in [2.24, 2.45) is 0 Å². The first kappa shape index (κ1) is 17.0. The van der Waals surface area contributed by atoms with Crippen molar-refractivity contribution in [3.8, 4) is 0 Å². The number of carbonyl (C=O) groups excluding carboxylic acids is 1. The van der Waals surface area contributed by atoms with Crippen molar-refractivity contribution in [2.45, 2.75) is 6.42 Å². The van der Waals surface area contributed by atoms with Gasteiger partial charge in [0.15, 0.2) is 0 Å². The third kappa shape index (κ3) is 4.82. The highest BCUT2D eigenvalue weighted by atomic mass is 32.2. The van der Waals surface area contributed by atoms with E-state index in [0.717, 1.165) is 22.5 Å². The first-order valence-electron chi connectivity index (χ1n) is 7.24. The average Bonchev–Trinajstić information content (AvgIpc) is 2.54. The monoisotopic (exact) mass is 332 g/mol. The topological polar surface area (TPSA) is 66.5 Å². The number of rotatable bonds is 6. The molecule has 0 unspecified atom stereocenters. The Balaban J connectivity index is 2.00. The van der Waals surface area contributed by atoms with E-state index in [9.17, 15) is 13.2 Å². The predicted octanol–water partition coefficient (Wildman–Crippen LogP) is 2.05. The molecule has 23 heavy (non-hydrogen) atoms. The van der Waals surface area contributed by atoms with Gasteiger partial charge in [-0.15, -0.1) is 0 Å². The van der Waals surface area contributed by atoms with E-state index in [2.05, 4.69) is 5.32 Å². The highest BCUT2D eigenvalue weighted by molar-refractivity contribution is 7.92. The molecule has 0 aliphatic carbocycles. The number of amides is 1. The molecule has 5 nitrogen and oxygen atoms in total. The number of hydrogen-bond donors (Lipinski definition) is 1. The van der Waals surface area contributed by atoms with E-state index in [1.54, 1.807) is 24.3 Å². The molecule has 0 aliphatic rings. The van der Waals surface area contributed by atoms with Crippen molar-refractivity contribution >= 4 is 21.6 Å². The lowest BCUT2D eigenvalue weighted by atomic mass is 10.1. The number of anilines is 1. The number of carbonyl (C=O) groups is 1. The zero-order valence-corrected chi connectivity index (χ0v) is 14.0. The van der Waals surface area contributed by atoms with Crippen LogP contribution in [0.25, 0.3) is 0 Å². The summed E-state index contributed by atoms with van der Waals surface area (Å²) in [6.07, 6.45) is 1.87. The highest BCUT2D eigenvalue weighted by Gasteiger charge is 2.13. The normalized spacial score (nSPS) is 11.0. The lowest BCUT2D eigenvalue weighted by molar-refractivity contribution is 0.0954. The molecule has 6 heteroatoms. The van der Waals surface area contributed by atoms with Crippen LogP contribution in [0.15, 0.2) is 54.6 Å². The van der Waals surface area contributed by atoms with Crippen molar-refractivity contribution in [3.05, 3.63) is 65.7 Å². The Hall–Kier alpha value is -2.34. The minimum Gasteiger partial charge on any atom is -0.352 e. The van der Waals surface area contributed by atoms with Crippen LogP contribution in [0.2, 0.25) is 0 Å². The molecule has 0 saturated carbocycles. The fourth-order valence-electron chi connectivity index (χ4n) is 2.10. The Bertz CT molecular complexity index is 773. The number of nitrogens with one attached hydrogen (secondary N) is 1. The molecule has 0 aromatic heterocycles. The van der Waals surface area contributed by atoms with Gasteiger partial charge in [-0.3, -0.25) is 9.10 Å². The van der Waals surface area contributed by atoms with E-state index in [4.69, 9.17) is 0 Å². The summed E-state index contributed by atoms with van der Waals surface area (Å²) in [5.41, 5.74) is 2.05. The van der Waals surface area contributed by atoms with E-state index in [0.29, 0.717) is 17.8 Å². The lowest BCUT2D eigenvalue weighted by Crippen LogP contribution is -2.27. The Kier molecular flexibility index (Phi) is 5.39. The third-order valence-electron chi connectivity index (χ3n) is 3.51. The first-order valence-corrected chi connectivity index (χ1v) is 9.09. The summed E-state index contributed by atoms with van der Waals surface area (Å²) in [5.74, 6) is -0.218. The quantitative estimate of drug-likeness (QED) is 0.880. The molecular weight excluding hydrogens is 312 g/mol. The summed E-state index contributed by atoms with van der Waals surface area (Å²) in [6, 6.07) is 16.4. The van der Waals surface area contributed by atoms with Gasteiger partial charge in [-0.05, 0) is 30.2 Å². The second-order valence-electron chi connectivity index (χ2n) is 5.27. The van der Waals surface area contributed by atoms with E-state index in [1.165, 1.54) is 7.05 Å². The number of hydrogen-bond acceptors (Lipinski definition) is 3. The second kappa shape index (κ2) is 7.28. The molecule has 1 amide bonds. The Morgan fingerprint density at radius 3 is 2.43 bits per heavy atom. The SMILES string of the molecule is CN(c1cccc(C(=O)NCCc2ccccc2)c1)S(C)(=O)=O.